The van der Waals surface area contributed by atoms with E-state index in [2.05, 4.69) is 17.1 Å². The van der Waals surface area contributed by atoms with Crippen molar-refractivity contribution in [3.05, 3.63) is 48.5 Å². The summed E-state index contributed by atoms with van der Waals surface area (Å²) >= 11 is 0. The Kier molecular flexibility index (Phi) is 4.61. The molecule has 1 N–H and O–H groups in total. The molecule has 0 spiro atoms. The van der Waals surface area contributed by atoms with Crippen molar-refractivity contribution in [2.45, 2.75) is 30.4 Å². The van der Waals surface area contributed by atoms with Crippen LogP contribution in [-0.2, 0) is 14.6 Å². The van der Waals surface area contributed by atoms with Crippen molar-refractivity contribution in [3.63, 3.8) is 0 Å². The Balaban J connectivity index is 2.30. The van der Waals surface area contributed by atoms with Gasteiger partial charge in [-0.15, -0.1) is 0 Å². The van der Waals surface area contributed by atoms with Gasteiger partial charge in [0, 0.05) is 6.07 Å². The maximum atomic E-state index is 13.3. The molecule has 0 aliphatic heterocycles. The molecular formula is C16H17FN2O4S. The highest BCUT2D eigenvalue weighted by Gasteiger charge is 2.43. The van der Waals surface area contributed by atoms with Crippen molar-refractivity contribution in [1.29, 1.82) is 0 Å². The van der Waals surface area contributed by atoms with Crippen LogP contribution in [0.15, 0.2) is 46.3 Å². The number of hydrogen-bond acceptors (Lipinski definition) is 5. The van der Waals surface area contributed by atoms with E-state index < -0.39 is 26.3 Å². The molecule has 0 bridgehead atoms. The summed E-state index contributed by atoms with van der Waals surface area (Å²) in [6.07, 6.45) is 0. The number of rotatable bonds is 5. The molecule has 8 heteroatoms. The molecule has 1 aromatic carbocycles. The molecule has 6 nitrogen and oxygen atoms in total. The Morgan fingerprint density at radius 3 is 2.54 bits per heavy atom. The van der Waals surface area contributed by atoms with E-state index in [4.69, 9.17) is 4.52 Å². The highest BCUT2D eigenvalue weighted by molar-refractivity contribution is 7.93. The number of allylic oxidation sites excluding steroid dienone is 1. The van der Waals surface area contributed by atoms with Crippen LogP contribution in [0.25, 0.3) is 5.57 Å². The van der Waals surface area contributed by atoms with Gasteiger partial charge in [0.2, 0.25) is 5.91 Å². The second-order valence-corrected chi connectivity index (χ2v) is 8.28. The van der Waals surface area contributed by atoms with E-state index >= 15 is 0 Å². The summed E-state index contributed by atoms with van der Waals surface area (Å²) in [7, 11) is -4.12. The zero-order valence-electron chi connectivity index (χ0n) is 13.5. The highest BCUT2D eigenvalue weighted by atomic mass is 32.2. The number of benzene rings is 1. The van der Waals surface area contributed by atoms with E-state index in [1.807, 2.05) is 0 Å². The minimum atomic E-state index is -4.12. The van der Waals surface area contributed by atoms with Crippen LogP contribution in [0.2, 0.25) is 0 Å². The van der Waals surface area contributed by atoms with Crippen molar-refractivity contribution >= 4 is 27.1 Å². The molecule has 0 atom stereocenters. The topological polar surface area (TPSA) is 89.3 Å². The van der Waals surface area contributed by atoms with Crippen LogP contribution in [0.3, 0.4) is 0 Å². The molecular weight excluding hydrogens is 335 g/mol. The predicted octanol–water partition coefficient (Wildman–Crippen LogP) is 3.04. The van der Waals surface area contributed by atoms with Crippen LogP contribution in [0.4, 0.5) is 10.2 Å². The van der Waals surface area contributed by atoms with Crippen LogP contribution < -0.4 is 5.32 Å². The molecule has 24 heavy (non-hydrogen) atoms. The number of halogens is 1. The van der Waals surface area contributed by atoms with Crippen molar-refractivity contribution in [2.75, 3.05) is 5.32 Å². The third-order valence-corrected chi connectivity index (χ3v) is 5.90. The molecule has 1 heterocycles. The molecule has 1 amide bonds. The molecule has 0 saturated heterocycles. The van der Waals surface area contributed by atoms with Crippen LogP contribution in [-0.4, -0.2) is 24.2 Å². The van der Waals surface area contributed by atoms with E-state index in [1.54, 1.807) is 6.92 Å². The number of sulfone groups is 1. The lowest BCUT2D eigenvalue weighted by atomic mass is 10.2. The summed E-state index contributed by atoms with van der Waals surface area (Å²) in [5.74, 6) is -1.07. The minimum Gasteiger partial charge on any atom is -0.354 e. The summed E-state index contributed by atoms with van der Waals surface area (Å²) in [5.41, 5.74) is 0.606. The second kappa shape index (κ2) is 6.20. The highest BCUT2D eigenvalue weighted by Crippen LogP contribution is 2.27. The third kappa shape index (κ3) is 3.23. The zero-order chi connectivity index (χ0) is 18.1. The number of carbonyl (C=O) groups is 1. The normalized spacial score (nSPS) is 12.0. The van der Waals surface area contributed by atoms with E-state index in [0.717, 1.165) is 12.1 Å². The van der Waals surface area contributed by atoms with Crippen LogP contribution in [0.5, 0.6) is 0 Å². The molecule has 128 valence electrons. The summed E-state index contributed by atoms with van der Waals surface area (Å²) in [6.45, 7) is 7.85. The SMILES string of the molecule is C=C(C)c1cc(NC(=O)C(C)(C)S(=O)(=O)c2cccc(F)c2)no1. The first-order valence-electron chi connectivity index (χ1n) is 7.00. The smallest absolute Gasteiger partial charge is 0.246 e. The Morgan fingerprint density at radius 1 is 1.33 bits per heavy atom. The summed E-state index contributed by atoms with van der Waals surface area (Å²) in [5, 5.41) is 6.03. The van der Waals surface area contributed by atoms with Crippen molar-refractivity contribution in [3.8, 4) is 0 Å². The van der Waals surface area contributed by atoms with E-state index in [-0.39, 0.29) is 10.7 Å². The van der Waals surface area contributed by atoms with Crippen LogP contribution in [0, 0.1) is 5.82 Å². The van der Waals surface area contributed by atoms with Gasteiger partial charge in [0.1, 0.15) is 10.6 Å². The second-order valence-electron chi connectivity index (χ2n) is 5.78. The first-order chi connectivity index (χ1) is 11.1. The lowest BCUT2D eigenvalue weighted by Crippen LogP contribution is -2.44. The van der Waals surface area contributed by atoms with Gasteiger partial charge in [0.25, 0.3) is 0 Å². The minimum absolute atomic E-state index is 0.0699. The number of nitrogens with one attached hydrogen (secondary N) is 1. The molecule has 0 unspecified atom stereocenters. The van der Waals surface area contributed by atoms with Gasteiger partial charge < -0.3 is 9.84 Å². The fourth-order valence-corrected chi connectivity index (χ4v) is 3.26. The number of anilines is 1. The van der Waals surface area contributed by atoms with Gasteiger partial charge in [-0.1, -0.05) is 17.8 Å². The third-order valence-electron chi connectivity index (χ3n) is 3.50. The van der Waals surface area contributed by atoms with Gasteiger partial charge in [-0.3, -0.25) is 4.79 Å². The summed E-state index contributed by atoms with van der Waals surface area (Å²) < 4.78 is 41.8. The van der Waals surface area contributed by atoms with Crippen LogP contribution >= 0.6 is 0 Å². The summed E-state index contributed by atoms with van der Waals surface area (Å²) in [4.78, 5) is 12.2. The fourth-order valence-electron chi connectivity index (χ4n) is 1.85. The van der Waals surface area contributed by atoms with Crippen LogP contribution in [0.1, 0.15) is 26.5 Å². The standard InChI is InChI=1S/C16H17FN2O4S/c1-10(2)13-9-14(19-23-13)18-15(20)16(3,4)24(21,22)12-7-5-6-11(17)8-12/h5-9H,1H2,2-4H3,(H,18,19,20). The fraction of sp³-hybridized carbons (Fsp3) is 0.250. The Labute approximate surface area is 139 Å². The number of aromatic nitrogens is 1. The first-order valence-corrected chi connectivity index (χ1v) is 8.48. The number of nitrogens with zero attached hydrogens (tertiary/aromatic N) is 1. The predicted molar refractivity (Wildman–Crippen MR) is 87.5 cm³/mol. The largest absolute Gasteiger partial charge is 0.354 e. The first kappa shape index (κ1) is 17.9. The van der Waals surface area contributed by atoms with E-state index in [1.165, 1.54) is 32.0 Å². The monoisotopic (exact) mass is 352 g/mol. The molecule has 0 aliphatic rings. The maximum absolute atomic E-state index is 13.3. The van der Waals surface area contributed by atoms with Gasteiger partial charge >= 0.3 is 0 Å². The Morgan fingerprint density at radius 2 is 2.00 bits per heavy atom. The average Bonchev–Trinajstić information content (AvgIpc) is 2.95. The Hall–Kier alpha value is -2.48. The molecule has 2 aromatic rings. The molecule has 0 fully saturated rings. The molecule has 0 saturated carbocycles. The van der Waals surface area contributed by atoms with E-state index in [0.29, 0.717) is 11.3 Å². The quantitative estimate of drug-likeness (QED) is 0.893. The lowest BCUT2D eigenvalue weighted by molar-refractivity contribution is -0.117. The lowest BCUT2D eigenvalue weighted by Gasteiger charge is -2.23. The number of hydrogen-bond donors (Lipinski definition) is 1. The number of carbonyl (C=O) groups excluding carboxylic acids is 1. The van der Waals surface area contributed by atoms with Gasteiger partial charge in [0.15, 0.2) is 21.4 Å². The van der Waals surface area contributed by atoms with Gasteiger partial charge in [-0.05, 0) is 44.5 Å². The van der Waals surface area contributed by atoms with E-state index in [9.17, 15) is 17.6 Å². The van der Waals surface area contributed by atoms with Crippen molar-refractivity contribution < 1.29 is 22.1 Å². The zero-order valence-corrected chi connectivity index (χ0v) is 14.3. The van der Waals surface area contributed by atoms with Gasteiger partial charge in [0.05, 0.1) is 4.90 Å². The summed E-state index contributed by atoms with van der Waals surface area (Å²) in [6, 6.07) is 5.95. The molecule has 0 aliphatic carbocycles. The molecule has 0 radical (unpaired) electrons. The Bertz CT molecular complexity index is 900. The maximum Gasteiger partial charge on any atom is 0.246 e. The van der Waals surface area contributed by atoms with Gasteiger partial charge in [-0.2, -0.15) is 0 Å². The van der Waals surface area contributed by atoms with Crippen molar-refractivity contribution in [1.82, 2.24) is 5.16 Å². The molecule has 2 rings (SSSR count). The van der Waals surface area contributed by atoms with Gasteiger partial charge in [-0.25, -0.2) is 12.8 Å². The number of amides is 1. The molecule has 1 aromatic heterocycles. The average molecular weight is 352 g/mol. The van der Waals surface area contributed by atoms with Crippen molar-refractivity contribution in [2.24, 2.45) is 0 Å².